The number of rotatable bonds is 3. The molecule has 0 aromatic carbocycles. The first kappa shape index (κ1) is 12.8. The molecule has 98 valence electrons. The second-order valence-electron chi connectivity index (χ2n) is 4.76. The predicted molar refractivity (Wildman–Crippen MR) is 69.2 cm³/mol. The summed E-state index contributed by atoms with van der Waals surface area (Å²) in [4.78, 5) is 16.0. The van der Waals surface area contributed by atoms with Crippen molar-refractivity contribution in [2.75, 3.05) is 18.9 Å². The summed E-state index contributed by atoms with van der Waals surface area (Å²) in [7, 11) is 0. The van der Waals surface area contributed by atoms with Crippen LogP contribution in [0.5, 0.6) is 0 Å². The molecule has 1 aliphatic heterocycles. The van der Waals surface area contributed by atoms with Crippen LogP contribution in [0.15, 0.2) is 12.1 Å². The number of nitrogens with two attached hydrogens (primary N) is 1. The maximum atomic E-state index is 12.0. The van der Waals surface area contributed by atoms with Crippen molar-refractivity contribution in [2.24, 2.45) is 5.92 Å². The van der Waals surface area contributed by atoms with Crippen LogP contribution in [0.2, 0.25) is 0 Å². The van der Waals surface area contributed by atoms with E-state index in [-0.39, 0.29) is 12.0 Å². The largest absolute Gasteiger partial charge is 0.384 e. The number of carbonyl (C=O) groups is 1. The number of hydrogen-bond acceptors (Lipinski definition) is 4. The van der Waals surface area contributed by atoms with Gasteiger partial charge in [-0.3, -0.25) is 4.79 Å². The first-order valence-electron chi connectivity index (χ1n) is 6.20. The smallest absolute Gasteiger partial charge is 0.251 e. The minimum Gasteiger partial charge on any atom is -0.384 e. The molecule has 1 amide bonds. The average molecular weight is 249 g/mol. The number of ether oxygens (including phenoxy) is 1. The summed E-state index contributed by atoms with van der Waals surface area (Å²) in [6.07, 6.45) is 1.22. The number of hydrogen-bond donors (Lipinski definition) is 2. The number of nitrogens with one attached hydrogen (secondary N) is 1. The maximum Gasteiger partial charge on any atom is 0.251 e. The van der Waals surface area contributed by atoms with Crippen LogP contribution in [0.1, 0.15) is 29.4 Å². The Hall–Kier alpha value is -1.62. The number of pyridine rings is 1. The van der Waals surface area contributed by atoms with Crippen molar-refractivity contribution in [2.45, 2.75) is 26.4 Å². The Kier molecular flexibility index (Phi) is 3.81. The van der Waals surface area contributed by atoms with E-state index in [0.29, 0.717) is 23.8 Å². The van der Waals surface area contributed by atoms with Gasteiger partial charge in [-0.05, 0) is 32.4 Å². The number of nitrogens with zero attached hydrogens (tertiary/aromatic N) is 1. The minimum atomic E-state index is -0.105. The maximum absolute atomic E-state index is 12.0. The van der Waals surface area contributed by atoms with Gasteiger partial charge >= 0.3 is 0 Å². The third-order valence-corrected chi connectivity index (χ3v) is 3.29. The SMILES string of the molecule is Cc1cc(C(=O)NCC2CCOC2C)cc(N)n1. The van der Waals surface area contributed by atoms with Crippen LogP contribution in [-0.4, -0.2) is 30.1 Å². The number of aryl methyl sites for hydroxylation is 1. The van der Waals surface area contributed by atoms with Crippen molar-refractivity contribution in [1.29, 1.82) is 0 Å². The molecule has 2 unspecified atom stereocenters. The van der Waals surface area contributed by atoms with Crippen molar-refractivity contribution in [1.82, 2.24) is 10.3 Å². The number of nitrogen functional groups attached to an aromatic ring is 1. The molecule has 1 aliphatic rings. The van der Waals surface area contributed by atoms with Gasteiger partial charge in [-0.1, -0.05) is 0 Å². The predicted octanol–water partition coefficient (Wildman–Crippen LogP) is 1.13. The van der Waals surface area contributed by atoms with Gasteiger partial charge < -0.3 is 15.8 Å². The highest BCUT2D eigenvalue weighted by Crippen LogP contribution is 2.19. The van der Waals surface area contributed by atoms with Gasteiger partial charge in [-0.2, -0.15) is 0 Å². The van der Waals surface area contributed by atoms with Gasteiger partial charge in [-0.15, -0.1) is 0 Å². The highest BCUT2D eigenvalue weighted by Gasteiger charge is 2.24. The number of anilines is 1. The molecule has 0 spiro atoms. The molecule has 0 saturated carbocycles. The van der Waals surface area contributed by atoms with E-state index in [4.69, 9.17) is 10.5 Å². The van der Waals surface area contributed by atoms with Crippen LogP contribution in [0, 0.1) is 12.8 Å². The van der Waals surface area contributed by atoms with Gasteiger partial charge in [0.25, 0.3) is 5.91 Å². The lowest BCUT2D eigenvalue weighted by molar-refractivity contribution is 0.0907. The van der Waals surface area contributed by atoms with Crippen molar-refractivity contribution < 1.29 is 9.53 Å². The Labute approximate surface area is 107 Å². The Morgan fingerprint density at radius 3 is 3.00 bits per heavy atom. The van der Waals surface area contributed by atoms with Crippen LogP contribution in [0.25, 0.3) is 0 Å². The lowest BCUT2D eigenvalue weighted by Crippen LogP contribution is -2.32. The molecule has 1 aromatic rings. The molecule has 3 N–H and O–H groups in total. The zero-order valence-corrected chi connectivity index (χ0v) is 10.8. The monoisotopic (exact) mass is 249 g/mol. The summed E-state index contributed by atoms with van der Waals surface area (Å²) in [5.41, 5.74) is 6.94. The lowest BCUT2D eigenvalue weighted by atomic mass is 10.0. The van der Waals surface area contributed by atoms with Crippen LogP contribution < -0.4 is 11.1 Å². The fraction of sp³-hybridized carbons (Fsp3) is 0.538. The molecule has 5 nitrogen and oxygen atoms in total. The van der Waals surface area contributed by atoms with E-state index < -0.39 is 0 Å². The number of carbonyl (C=O) groups excluding carboxylic acids is 1. The Balaban J connectivity index is 1.95. The Morgan fingerprint density at radius 2 is 2.39 bits per heavy atom. The van der Waals surface area contributed by atoms with E-state index >= 15 is 0 Å². The molecule has 2 atom stereocenters. The van der Waals surface area contributed by atoms with Crippen LogP contribution in [0.4, 0.5) is 5.82 Å². The van der Waals surface area contributed by atoms with Gasteiger partial charge in [0.15, 0.2) is 0 Å². The van der Waals surface area contributed by atoms with Crippen LogP contribution in [0.3, 0.4) is 0 Å². The quantitative estimate of drug-likeness (QED) is 0.841. The van der Waals surface area contributed by atoms with E-state index in [1.54, 1.807) is 12.1 Å². The first-order valence-corrected chi connectivity index (χ1v) is 6.20. The van der Waals surface area contributed by atoms with Gasteiger partial charge in [-0.25, -0.2) is 4.98 Å². The molecule has 0 aliphatic carbocycles. The molecule has 1 aromatic heterocycles. The second kappa shape index (κ2) is 5.35. The fourth-order valence-corrected chi connectivity index (χ4v) is 2.20. The molecule has 2 heterocycles. The fourth-order valence-electron chi connectivity index (χ4n) is 2.20. The van der Waals surface area contributed by atoms with Crippen molar-refractivity contribution in [3.63, 3.8) is 0 Å². The standard InChI is InChI=1S/C13H19N3O2/c1-8-5-11(6-12(14)16-8)13(17)15-7-10-3-4-18-9(10)2/h5-6,9-10H,3-4,7H2,1-2H3,(H2,14,16)(H,15,17). The molecule has 0 bridgehead atoms. The highest BCUT2D eigenvalue weighted by atomic mass is 16.5. The molecular formula is C13H19N3O2. The second-order valence-corrected chi connectivity index (χ2v) is 4.76. The molecule has 1 fully saturated rings. The normalized spacial score (nSPS) is 23.0. The number of amides is 1. The van der Waals surface area contributed by atoms with Gasteiger partial charge in [0.1, 0.15) is 5.82 Å². The summed E-state index contributed by atoms with van der Waals surface area (Å²) in [6.45, 7) is 5.28. The van der Waals surface area contributed by atoms with Crippen LogP contribution in [-0.2, 0) is 4.74 Å². The van der Waals surface area contributed by atoms with Gasteiger partial charge in [0.2, 0.25) is 0 Å². The zero-order chi connectivity index (χ0) is 13.1. The zero-order valence-electron chi connectivity index (χ0n) is 10.8. The molecule has 2 rings (SSSR count). The van der Waals surface area contributed by atoms with Gasteiger partial charge in [0, 0.05) is 30.3 Å². The summed E-state index contributed by atoms with van der Waals surface area (Å²) < 4.78 is 5.46. The first-order chi connectivity index (χ1) is 8.56. The van der Waals surface area contributed by atoms with Crippen molar-refractivity contribution in [3.05, 3.63) is 23.4 Å². The summed E-state index contributed by atoms with van der Waals surface area (Å²) >= 11 is 0. The minimum absolute atomic E-state index is 0.105. The Bertz CT molecular complexity index is 428. The molecule has 5 heteroatoms. The number of aromatic nitrogens is 1. The van der Waals surface area contributed by atoms with Crippen molar-refractivity contribution >= 4 is 11.7 Å². The third kappa shape index (κ3) is 2.98. The van der Waals surface area contributed by atoms with E-state index in [0.717, 1.165) is 18.7 Å². The third-order valence-electron chi connectivity index (χ3n) is 3.29. The summed E-state index contributed by atoms with van der Waals surface area (Å²) in [6, 6.07) is 3.33. The molecule has 1 saturated heterocycles. The van der Waals surface area contributed by atoms with E-state index in [1.165, 1.54) is 0 Å². The average Bonchev–Trinajstić information content (AvgIpc) is 2.70. The molecule has 18 heavy (non-hydrogen) atoms. The van der Waals surface area contributed by atoms with E-state index in [2.05, 4.69) is 10.3 Å². The van der Waals surface area contributed by atoms with Gasteiger partial charge in [0.05, 0.1) is 6.10 Å². The highest BCUT2D eigenvalue weighted by molar-refractivity contribution is 5.94. The Morgan fingerprint density at radius 1 is 1.61 bits per heavy atom. The lowest BCUT2D eigenvalue weighted by Gasteiger charge is -2.14. The van der Waals surface area contributed by atoms with Crippen molar-refractivity contribution in [3.8, 4) is 0 Å². The van der Waals surface area contributed by atoms with E-state index in [1.807, 2.05) is 13.8 Å². The molecule has 0 radical (unpaired) electrons. The summed E-state index contributed by atoms with van der Waals surface area (Å²) in [5, 5.41) is 2.92. The van der Waals surface area contributed by atoms with Crippen LogP contribution >= 0.6 is 0 Å². The topological polar surface area (TPSA) is 77.2 Å². The molecular weight excluding hydrogens is 230 g/mol. The summed E-state index contributed by atoms with van der Waals surface area (Å²) in [5.74, 6) is 0.665. The van der Waals surface area contributed by atoms with E-state index in [9.17, 15) is 4.79 Å².